The molecule has 1 aromatic carbocycles. The van der Waals surface area contributed by atoms with Gasteiger partial charge >= 0.3 is 0 Å². The minimum absolute atomic E-state index is 0.265. The molecule has 1 heterocycles. The average Bonchev–Trinajstić information content (AvgIpc) is 2.65. The summed E-state index contributed by atoms with van der Waals surface area (Å²) in [5, 5.41) is 0. The molecule has 0 aromatic heterocycles. The third-order valence-electron chi connectivity index (χ3n) is 3.48. The third kappa shape index (κ3) is 1.68. The van der Waals surface area contributed by atoms with Gasteiger partial charge in [-0.25, -0.2) is 0 Å². The Bertz CT molecular complexity index is 324. The lowest BCUT2D eigenvalue weighted by atomic mass is 10.0. The van der Waals surface area contributed by atoms with Crippen LogP contribution in [0.1, 0.15) is 24.0 Å². The molecule has 80 valence electrons. The van der Waals surface area contributed by atoms with Crippen molar-refractivity contribution in [3.63, 3.8) is 0 Å². The van der Waals surface area contributed by atoms with Gasteiger partial charge in [-0.05, 0) is 24.0 Å². The van der Waals surface area contributed by atoms with Crippen LogP contribution >= 0.6 is 0 Å². The van der Waals surface area contributed by atoms with Crippen molar-refractivity contribution >= 4 is 0 Å². The fourth-order valence-electron chi connectivity index (χ4n) is 2.61. The van der Waals surface area contributed by atoms with Gasteiger partial charge in [0.25, 0.3) is 0 Å². The number of aryl methyl sites for hydroxylation is 2. The van der Waals surface area contributed by atoms with Crippen LogP contribution in [0.3, 0.4) is 0 Å². The van der Waals surface area contributed by atoms with Gasteiger partial charge in [0.05, 0.1) is 13.2 Å². The first-order chi connectivity index (χ1) is 7.38. The molecule has 1 spiro atoms. The molecule has 1 aromatic rings. The van der Waals surface area contributed by atoms with E-state index in [0.717, 1.165) is 38.9 Å². The normalized spacial score (nSPS) is 23.7. The minimum Gasteiger partial charge on any atom is -0.348 e. The molecule has 3 rings (SSSR count). The van der Waals surface area contributed by atoms with Gasteiger partial charge in [0.1, 0.15) is 0 Å². The Morgan fingerprint density at radius 3 is 1.93 bits per heavy atom. The predicted molar refractivity (Wildman–Crippen MR) is 57.7 cm³/mol. The smallest absolute Gasteiger partial charge is 0.169 e. The molecule has 0 radical (unpaired) electrons. The van der Waals surface area contributed by atoms with Crippen LogP contribution in [0, 0.1) is 0 Å². The molecule has 15 heavy (non-hydrogen) atoms. The van der Waals surface area contributed by atoms with Gasteiger partial charge < -0.3 is 9.47 Å². The van der Waals surface area contributed by atoms with E-state index in [1.807, 2.05) is 0 Å². The van der Waals surface area contributed by atoms with E-state index in [2.05, 4.69) is 24.3 Å². The van der Waals surface area contributed by atoms with Gasteiger partial charge in [-0.1, -0.05) is 24.3 Å². The van der Waals surface area contributed by atoms with Crippen molar-refractivity contribution in [1.82, 2.24) is 0 Å². The van der Waals surface area contributed by atoms with Gasteiger partial charge in [-0.2, -0.15) is 0 Å². The summed E-state index contributed by atoms with van der Waals surface area (Å²) in [7, 11) is 0. The van der Waals surface area contributed by atoms with Gasteiger partial charge in [0.15, 0.2) is 5.79 Å². The first-order valence-electron chi connectivity index (χ1n) is 5.73. The van der Waals surface area contributed by atoms with E-state index in [0.29, 0.717) is 0 Å². The lowest BCUT2D eigenvalue weighted by Crippen LogP contribution is -2.30. The summed E-state index contributed by atoms with van der Waals surface area (Å²) >= 11 is 0. The average molecular weight is 204 g/mol. The molecule has 2 nitrogen and oxygen atoms in total. The van der Waals surface area contributed by atoms with Gasteiger partial charge in [-0.3, -0.25) is 0 Å². The Balaban J connectivity index is 1.85. The maximum absolute atomic E-state index is 5.77. The molecule has 2 heteroatoms. The first-order valence-corrected chi connectivity index (χ1v) is 5.73. The summed E-state index contributed by atoms with van der Waals surface area (Å²) in [6, 6.07) is 8.69. The molecular formula is C13H16O2. The highest BCUT2D eigenvalue weighted by molar-refractivity contribution is 5.28. The van der Waals surface area contributed by atoms with Crippen molar-refractivity contribution in [3.05, 3.63) is 35.4 Å². The fraction of sp³-hybridized carbons (Fsp3) is 0.538. The Morgan fingerprint density at radius 2 is 1.40 bits per heavy atom. The highest BCUT2D eigenvalue weighted by Gasteiger charge is 2.37. The molecule has 1 aliphatic heterocycles. The Hall–Kier alpha value is -0.860. The van der Waals surface area contributed by atoms with E-state index in [1.54, 1.807) is 0 Å². The summed E-state index contributed by atoms with van der Waals surface area (Å²) in [6.45, 7) is 1.52. The maximum Gasteiger partial charge on any atom is 0.169 e. The molecule has 0 bridgehead atoms. The highest BCUT2D eigenvalue weighted by atomic mass is 16.7. The Morgan fingerprint density at radius 1 is 0.867 bits per heavy atom. The molecule has 0 unspecified atom stereocenters. The standard InChI is InChI=1S/C13H16O2/c1-2-4-12-6-8-13(14-9-10-15-13)7-5-11(12)3-1/h1-4H,5-10H2. The quantitative estimate of drug-likeness (QED) is 0.645. The first kappa shape index (κ1) is 9.37. The van der Waals surface area contributed by atoms with E-state index >= 15 is 0 Å². The van der Waals surface area contributed by atoms with E-state index in [1.165, 1.54) is 11.1 Å². The van der Waals surface area contributed by atoms with Crippen molar-refractivity contribution in [3.8, 4) is 0 Å². The van der Waals surface area contributed by atoms with Crippen molar-refractivity contribution in [1.29, 1.82) is 0 Å². The number of ether oxygens (including phenoxy) is 2. The lowest BCUT2D eigenvalue weighted by Gasteiger charge is -2.25. The Labute approximate surface area is 90.2 Å². The molecule has 0 N–H and O–H groups in total. The van der Waals surface area contributed by atoms with Crippen LogP contribution in [-0.4, -0.2) is 19.0 Å². The largest absolute Gasteiger partial charge is 0.348 e. The van der Waals surface area contributed by atoms with E-state index < -0.39 is 0 Å². The summed E-state index contributed by atoms with van der Waals surface area (Å²) in [4.78, 5) is 0. The lowest BCUT2D eigenvalue weighted by molar-refractivity contribution is -0.164. The molecule has 0 amide bonds. The number of hydrogen-bond acceptors (Lipinski definition) is 2. The molecule has 0 saturated carbocycles. The van der Waals surface area contributed by atoms with Crippen LogP contribution in [-0.2, 0) is 22.3 Å². The number of rotatable bonds is 0. The van der Waals surface area contributed by atoms with Crippen LogP contribution in [0.15, 0.2) is 24.3 Å². The maximum atomic E-state index is 5.77. The zero-order valence-electron chi connectivity index (χ0n) is 8.87. The third-order valence-corrected chi connectivity index (χ3v) is 3.48. The van der Waals surface area contributed by atoms with Crippen molar-refractivity contribution in [2.75, 3.05) is 13.2 Å². The van der Waals surface area contributed by atoms with Crippen LogP contribution in [0.5, 0.6) is 0 Å². The van der Waals surface area contributed by atoms with Crippen molar-refractivity contribution in [2.24, 2.45) is 0 Å². The van der Waals surface area contributed by atoms with Crippen LogP contribution in [0.4, 0.5) is 0 Å². The second-order valence-corrected chi connectivity index (χ2v) is 4.38. The van der Waals surface area contributed by atoms with E-state index in [9.17, 15) is 0 Å². The van der Waals surface area contributed by atoms with E-state index in [4.69, 9.17) is 9.47 Å². The molecule has 2 aliphatic rings. The number of benzene rings is 1. The zero-order chi connectivity index (χ0) is 10.1. The molecule has 0 atom stereocenters. The summed E-state index contributed by atoms with van der Waals surface area (Å²) < 4.78 is 11.5. The number of hydrogen-bond donors (Lipinski definition) is 0. The SMILES string of the molecule is c1ccc2c(c1)CCC1(CC2)OCCO1. The zero-order valence-corrected chi connectivity index (χ0v) is 8.87. The van der Waals surface area contributed by atoms with Crippen molar-refractivity contribution in [2.45, 2.75) is 31.5 Å². The predicted octanol–water partition coefficient (Wildman–Crippen LogP) is 2.31. The molecule has 1 aliphatic carbocycles. The molecule has 1 fully saturated rings. The van der Waals surface area contributed by atoms with Crippen LogP contribution in [0.2, 0.25) is 0 Å². The summed E-state index contributed by atoms with van der Waals surface area (Å²) in [5.41, 5.74) is 2.93. The van der Waals surface area contributed by atoms with Gasteiger partial charge in [0.2, 0.25) is 0 Å². The minimum atomic E-state index is -0.265. The second kappa shape index (κ2) is 3.62. The Kier molecular flexibility index (Phi) is 2.26. The van der Waals surface area contributed by atoms with E-state index in [-0.39, 0.29) is 5.79 Å². The fourth-order valence-corrected chi connectivity index (χ4v) is 2.61. The monoisotopic (exact) mass is 204 g/mol. The number of fused-ring (bicyclic) bond motifs is 1. The van der Waals surface area contributed by atoms with Crippen molar-refractivity contribution < 1.29 is 9.47 Å². The van der Waals surface area contributed by atoms with Gasteiger partial charge in [0, 0.05) is 12.8 Å². The van der Waals surface area contributed by atoms with Crippen LogP contribution in [0.25, 0.3) is 0 Å². The second-order valence-electron chi connectivity index (χ2n) is 4.38. The topological polar surface area (TPSA) is 18.5 Å². The van der Waals surface area contributed by atoms with Crippen LogP contribution < -0.4 is 0 Å². The molecule has 1 saturated heterocycles. The summed E-state index contributed by atoms with van der Waals surface area (Å²) in [5.74, 6) is -0.265. The summed E-state index contributed by atoms with van der Waals surface area (Å²) in [6.07, 6.45) is 4.17. The highest BCUT2D eigenvalue weighted by Crippen LogP contribution is 2.34. The molecular weight excluding hydrogens is 188 g/mol. The van der Waals surface area contributed by atoms with Gasteiger partial charge in [-0.15, -0.1) is 0 Å².